The van der Waals surface area contributed by atoms with Gasteiger partial charge in [-0.25, -0.2) is 4.98 Å². The number of aromatic nitrogens is 2. The highest BCUT2D eigenvalue weighted by Gasteiger charge is 2.18. The number of halogens is 1. The van der Waals surface area contributed by atoms with Gasteiger partial charge in [0.1, 0.15) is 11.3 Å². The monoisotopic (exact) mass is 327 g/mol. The van der Waals surface area contributed by atoms with Crippen molar-refractivity contribution in [1.82, 2.24) is 14.7 Å². The minimum Gasteiger partial charge on any atom is -0.344 e. The fourth-order valence-electron chi connectivity index (χ4n) is 2.64. The van der Waals surface area contributed by atoms with Gasteiger partial charge in [-0.1, -0.05) is 29.8 Å². The first-order chi connectivity index (χ1) is 11.0. The van der Waals surface area contributed by atoms with E-state index in [0.29, 0.717) is 10.7 Å². The van der Waals surface area contributed by atoms with E-state index in [-0.39, 0.29) is 11.9 Å². The number of nitrogens with one attached hydrogen (secondary N) is 1. The van der Waals surface area contributed by atoms with Crippen molar-refractivity contribution in [2.75, 3.05) is 0 Å². The summed E-state index contributed by atoms with van der Waals surface area (Å²) in [6, 6.07) is 11.3. The molecule has 5 heteroatoms. The van der Waals surface area contributed by atoms with Gasteiger partial charge in [-0.3, -0.25) is 9.20 Å². The Morgan fingerprint density at radius 2 is 1.87 bits per heavy atom. The van der Waals surface area contributed by atoms with Gasteiger partial charge in [0.2, 0.25) is 0 Å². The maximum Gasteiger partial charge on any atom is 0.270 e. The van der Waals surface area contributed by atoms with Crippen LogP contribution in [0.15, 0.2) is 42.6 Å². The van der Waals surface area contributed by atoms with Gasteiger partial charge in [0.25, 0.3) is 5.91 Å². The summed E-state index contributed by atoms with van der Waals surface area (Å²) >= 11 is 5.91. The van der Waals surface area contributed by atoms with Crippen LogP contribution >= 0.6 is 11.6 Å². The normalized spacial score (nSPS) is 12.3. The van der Waals surface area contributed by atoms with E-state index >= 15 is 0 Å². The van der Waals surface area contributed by atoms with Crippen molar-refractivity contribution in [2.24, 2.45) is 0 Å². The fraction of sp³-hybridized carbons (Fsp3) is 0.222. The number of hydrogen-bond acceptors (Lipinski definition) is 2. The molecule has 1 amide bonds. The van der Waals surface area contributed by atoms with E-state index in [2.05, 4.69) is 10.3 Å². The summed E-state index contributed by atoms with van der Waals surface area (Å²) in [5.74, 6) is -0.136. The Kier molecular flexibility index (Phi) is 4.09. The number of nitrogens with zero attached hydrogens (tertiary/aromatic N) is 2. The summed E-state index contributed by atoms with van der Waals surface area (Å²) in [6.07, 6.45) is 1.93. The number of pyridine rings is 1. The molecule has 1 aromatic carbocycles. The van der Waals surface area contributed by atoms with Crippen LogP contribution < -0.4 is 5.32 Å². The SMILES string of the molecule is Cc1ccc2nc(C)c(C(=O)N[C@H](C)c3ccc(Cl)cc3)n2c1. The molecule has 2 aromatic heterocycles. The standard InChI is InChI=1S/C18H18ClN3O/c1-11-4-9-16-20-13(3)17(22(16)10-11)18(23)21-12(2)14-5-7-15(19)8-6-14/h4-10,12H,1-3H3,(H,21,23)/t12-/m1/s1. The molecule has 0 saturated carbocycles. The maximum absolute atomic E-state index is 12.7. The van der Waals surface area contributed by atoms with Crippen molar-refractivity contribution in [1.29, 1.82) is 0 Å². The van der Waals surface area contributed by atoms with Gasteiger partial charge >= 0.3 is 0 Å². The summed E-state index contributed by atoms with van der Waals surface area (Å²) in [4.78, 5) is 17.2. The number of hydrogen-bond donors (Lipinski definition) is 1. The van der Waals surface area contributed by atoms with Crippen LogP contribution in [0, 0.1) is 13.8 Å². The summed E-state index contributed by atoms with van der Waals surface area (Å²) in [7, 11) is 0. The van der Waals surface area contributed by atoms with Crippen LogP contribution in [0.5, 0.6) is 0 Å². The number of fused-ring (bicyclic) bond motifs is 1. The predicted molar refractivity (Wildman–Crippen MR) is 92.0 cm³/mol. The summed E-state index contributed by atoms with van der Waals surface area (Å²) in [6.45, 7) is 5.79. The second-order valence-electron chi connectivity index (χ2n) is 5.73. The molecule has 2 heterocycles. The highest BCUT2D eigenvalue weighted by Crippen LogP contribution is 2.18. The molecule has 0 unspecified atom stereocenters. The van der Waals surface area contributed by atoms with E-state index in [1.165, 1.54) is 0 Å². The number of carbonyl (C=O) groups excluding carboxylic acids is 1. The molecule has 23 heavy (non-hydrogen) atoms. The zero-order valence-electron chi connectivity index (χ0n) is 13.3. The quantitative estimate of drug-likeness (QED) is 0.787. The first-order valence-corrected chi connectivity index (χ1v) is 7.85. The van der Waals surface area contributed by atoms with E-state index in [1.54, 1.807) is 0 Å². The van der Waals surface area contributed by atoms with Crippen LogP contribution in [0.25, 0.3) is 5.65 Å². The second-order valence-corrected chi connectivity index (χ2v) is 6.16. The lowest BCUT2D eigenvalue weighted by atomic mass is 10.1. The fourth-order valence-corrected chi connectivity index (χ4v) is 2.77. The van der Waals surface area contributed by atoms with Crippen LogP contribution in [0.4, 0.5) is 0 Å². The number of carbonyl (C=O) groups is 1. The van der Waals surface area contributed by atoms with Gasteiger partial charge in [-0.2, -0.15) is 0 Å². The highest BCUT2D eigenvalue weighted by molar-refractivity contribution is 6.30. The first kappa shape index (κ1) is 15.6. The minimum absolute atomic E-state index is 0.116. The topological polar surface area (TPSA) is 46.4 Å². The Balaban J connectivity index is 1.90. The van der Waals surface area contributed by atoms with Gasteiger partial charge in [-0.05, 0) is 50.1 Å². The molecule has 0 radical (unpaired) electrons. The smallest absolute Gasteiger partial charge is 0.270 e. The Morgan fingerprint density at radius 3 is 2.57 bits per heavy atom. The van der Waals surface area contributed by atoms with E-state index in [9.17, 15) is 4.79 Å². The van der Waals surface area contributed by atoms with Crippen LogP contribution in [-0.2, 0) is 0 Å². The average molecular weight is 328 g/mol. The lowest BCUT2D eigenvalue weighted by Gasteiger charge is -2.14. The van der Waals surface area contributed by atoms with Crippen LogP contribution in [0.2, 0.25) is 5.02 Å². The Hall–Kier alpha value is -2.33. The largest absolute Gasteiger partial charge is 0.344 e. The van der Waals surface area contributed by atoms with Crippen LogP contribution in [0.3, 0.4) is 0 Å². The van der Waals surface area contributed by atoms with Gasteiger partial charge in [0.15, 0.2) is 0 Å². The first-order valence-electron chi connectivity index (χ1n) is 7.47. The van der Waals surface area contributed by atoms with Crippen molar-refractivity contribution in [3.8, 4) is 0 Å². The molecular formula is C18H18ClN3O. The molecule has 3 rings (SSSR count). The Morgan fingerprint density at radius 1 is 1.17 bits per heavy atom. The molecule has 4 nitrogen and oxygen atoms in total. The Bertz CT molecular complexity index is 868. The number of aryl methyl sites for hydroxylation is 2. The molecule has 0 saturated heterocycles. The molecule has 0 fully saturated rings. The van der Waals surface area contributed by atoms with E-state index in [4.69, 9.17) is 11.6 Å². The third-order valence-electron chi connectivity index (χ3n) is 3.87. The van der Waals surface area contributed by atoms with Crippen molar-refractivity contribution in [3.63, 3.8) is 0 Å². The predicted octanol–water partition coefficient (Wildman–Crippen LogP) is 4.10. The maximum atomic E-state index is 12.7. The van der Waals surface area contributed by atoms with Gasteiger partial charge in [0.05, 0.1) is 11.7 Å². The second kappa shape index (κ2) is 6.05. The van der Waals surface area contributed by atoms with Crippen molar-refractivity contribution < 1.29 is 4.79 Å². The van der Waals surface area contributed by atoms with Crippen LogP contribution in [0.1, 0.15) is 40.3 Å². The number of benzene rings is 1. The van der Waals surface area contributed by atoms with Crippen molar-refractivity contribution in [2.45, 2.75) is 26.8 Å². The zero-order valence-corrected chi connectivity index (χ0v) is 14.1. The third-order valence-corrected chi connectivity index (χ3v) is 4.13. The molecule has 118 valence electrons. The van der Waals surface area contributed by atoms with Gasteiger partial charge in [-0.15, -0.1) is 0 Å². The summed E-state index contributed by atoms with van der Waals surface area (Å²) in [5.41, 5.74) is 4.15. The van der Waals surface area contributed by atoms with E-state index in [0.717, 1.165) is 22.5 Å². The number of rotatable bonds is 3. The van der Waals surface area contributed by atoms with E-state index < -0.39 is 0 Å². The van der Waals surface area contributed by atoms with Gasteiger partial charge in [0, 0.05) is 11.2 Å². The molecule has 1 atom stereocenters. The molecular weight excluding hydrogens is 310 g/mol. The van der Waals surface area contributed by atoms with Crippen molar-refractivity contribution >= 4 is 23.2 Å². The molecule has 0 spiro atoms. The van der Waals surface area contributed by atoms with E-state index in [1.807, 2.05) is 67.8 Å². The van der Waals surface area contributed by atoms with Gasteiger partial charge < -0.3 is 5.32 Å². The minimum atomic E-state index is -0.136. The summed E-state index contributed by atoms with van der Waals surface area (Å²) in [5, 5.41) is 3.71. The Labute approximate surface area is 140 Å². The molecule has 1 N–H and O–H groups in total. The third kappa shape index (κ3) is 3.08. The molecule has 0 aliphatic rings. The lowest BCUT2D eigenvalue weighted by molar-refractivity contribution is 0.0933. The number of amides is 1. The molecule has 0 aliphatic carbocycles. The lowest BCUT2D eigenvalue weighted by Crippen LogP contribution is -2.28. The molecule has 0 bridgehead atoms. The molecule has 3 aromatic rings. The van der Waals surface area contributed by atoms with Crippen LogP contribution in [-0.4, -0.2) is 15.3 Å². The molecule has 0 aliphatic heterocycles. The zero-order chi connectivity index (χ0) is 16.6. The highest BCUT2D eigenvalue weighted by atomic mass is 35.5. The number of imidazole rings is 1. The van der Waals surface area contributed by atoms with Crippen molar-refractivity contribution in [3.05, 3.63) is 70.1 Å². The summed E-state index contributed by atoms with van der Waals surface area (Å²) < 4.78 is 1.84. The average Bonchev–Trinajstić information content (AvgIpc) is 2.83.